The Kier molecular flexibility index (Phi) is 7.40. The van der Waals surface area contributed by atoms with Crippen molar-refractivity contribution in [2.24, 2.45) is 0 Å². The van der Waals surface area contributed by atoms with Crippen molar-refractivity contribution < 1.29 is 9.47 Å². The van der Waals surface area contributed by atoms with E-state index in [4.69, 9.17) is 14.5 Å². The van der Waals surface area contributed by atoms with E-state index in [-0.39, 0.29) is 0 Å². The summed E-state index contributed by atoms with van der Waals surface area (Å²) in [6.07, 6.45) is 5.31. The Morgan fingerprint density at radius 2 is 1.51 bits per heavy atom. The molecule has 35 heavy (non-hydrogen) atoms. The van der Waals surface area contributed by atoms with Crippen LogP contribution in [0.15, 0.2) is 91.1 Å². The molecule has 3 aromatic carbocycles. The second-order valence-corrected chi connectivity index (χ2v) is 9.09. The summed E-state index contributed by atoms with van der Waals surface area (Å²) in [6.45, 7) is 5.09. The van der Waals surface area contributed by atoms with Crippen molar-refractivity contribution in [2.75, 3.05) is 6.79 Å². The van der Waals surface area contributed by atoms with Gasteiger partial charge in [0.05, 0.1) is 5.69 Å². The van der Waals surface area contributed by atoms with E-state index >= 15 is 0 Å². The molecule has 0 radical (unpaired) electrons. The highest BCUT2D eigenvalue weighted by atomic mass is 16.7. The van der Waals surface area contributed by atoms with Crippen LogP contribution in [0.2, 0.25) is 0 Å². The summed E-state index contributed by atoms with van der Waals surface area (Å²) < 4.78 is 11.2. The van der Waals surface area contributed by atoms with E-state index in [1.165, 1.54) is 27.8 Å². The molecule has 4 nitrogen and oxygen atoms in total. The van der Waals surface area contributed by atoms with Gasteiger partial charge in [-0.15, -0.1) is 0 Å². The van der Waals surface area contributed by atoms with Crippen molar-refractivity contribution in [3.63, 3.8) is 0 Å². The molecule has 1 aromatic heterocycles. The van der Waals surface area contributed by atoms with Crippen LogP contribution in [-0.2, 0) is 26.1 Å². The molecule has 0 aliphatic carbocycles. The van der Waals surface area contributed by atoms with E-state index in [0.29, 0.717) is 6.79 Å². The Balaban J connectivity index is 1.47. The van der Waals surface area contributed by atoms with Gasteiger partial charge in [-0.1, -0.05) is 80.1 Å². The minimum Gasteiger partial charge on any atom is -0.454 e. The fourth-order valence-electron chi connectivity index (χ4n) is 4.71. The van der Waals surface area contributed by atoms with Crippen LogP contribution in [0.1, 0.15) is 42.0 Å². The summed E-state index contributed by atoms with van der Waals surface area (Å²) in [7, 11) is 0. The number of rotatable bonds is 10. The number of ether oxygens (including phenoxy) is 2. The van der Waals surface area contributed by atoms with Crippen LogP contribution in [0.5, 0.6) is 11.5 Å². The SMILES string of the molecule is CCCCc1c(CN(Cc2ccccc2)Cc2ccc3c(c2)OCO3)ccnc1-c1ccccc1. The predicted molar refractivity (Wildman–Crippen MR) is 140 cm³/mol. The van der Waals surface area contributed by atoms with E-state index in [2.05, 4.69) is 90.7 Å². The average Bonchev–Trinajstić information content (AvgIpc) is 3.37. The Hall–Kier alpha value is -3.63. The number of nitrogens with zero attached hydrogens (tertiary/aromatic N) is 2. The number of benzene rings is 3. The molecule has 2 heterocycles. The minimum absolute atomic E-state index is 0.298. The number of hydrogen-bond donors (Lipinski definition) is 0. The molecule has 5 rings (SSSR count). The number of pyridine rings is 1. The third kappa shape index (κ3) is 5.72. The number of aromatic nitrogens is 1. The summed E-state index contributed by atoms with van der Waals surface area (Å²) in [5.74, 6) is 1.66. The van der Waals surface area contributed by atoms with Gasteiger partial charge in [0, 0.05) is 31.4 Å². The van der Waals surface area contributed by atoms with Crippen molar-refractivity contribution in [2.45, 2.75) is 45.8 Å². The lowest BCUT2D eigenvalue weighted by Crippen LogP contribution is -2.23. The molecule has 0 bridgehead atoms. The van der Waals surface area contributed by atoms with E-state index in [0.717, 1.165) is 56.1 Å². The van der Waals surface area contributed by atoms with E-state index in [9.17, 15) is 0 Å². The first-order chi connectivity index (χ1) is 17.3. The van der Waals surface area contributed by atoms with Crippen LogP contribution in [0.3, 0.4) is 0 Å². The number of unbranched alkanes of at least 4 members (excludes halogenated alkanes) is 1. The monoisotopic (exact) mass is 464 g/mol. The van der Waals surface area contributed by atoms with Crippen molar-refractivity contribution >= 4 is 0 Å². The maximum absolute atomic E-state index is 5.64. The Morgan fingerprint density at radius 1 is 0.771 bits per heavy atom. The Labute approximate surface area is 208 Å². The molecular formula is C31H32N2O2. The quantitative estimate of drug-likeness (QED) is 0.252. The van der Waals surface area contributed by atoms with Gasteiger partial charge in [0.25, 0.3) is 0 Å². The van der Waals surface area contributed by atoms with Gasteiger partial charge in [-0.2, -0.15) is 0 Å². The van der Waals surface area contributed by atoms with Crippen molar-refractivity contribution in [1.29, 1.82) is 0 Å². The van der Waals surface area contributed by atoms with Gasteiger partial charge in [-0.25, -0.2) is 0 Å². The fourth-order valence-corrected chi connectivity index (χ4v) is 4.71. The van der Waals surface area contributed by atoms with Crippen molar-refractivity contribution in [3.8, 4) is 22.8 Å². The maximum atomic E-state index is 5.64. The normalized spacial score (nSPS) is 12.3. The Morgan fingerprint density at radius 3 is 2.31 bits per heavy atom. The lowest BCUT2D eigenvalue weighted by atomic mass is 9.96. The maximum Gasteiger partial charge on any atom is 0.231 e. The van der Waals surface area contributed by atoms with Gasteiger partial charge < -0.3 is 9.47 Å². The van der Waals surface area contributed by atoms with E-state index in [1.807, 2.05) is 12.3 Å². The molecule has 0 unspecified atom stereocenters. The van der Waals surface area contributed by atoms with Crippen molar-refractivity contribution in [3.05, 3.63) is 113 Å². The van der Waals surface area contributed by atoms with Crippen molar-refractivity contribution in [1.82, 2.24) is 9.88 Å². The fraction of sp³-hybridized carbons (Fsp3) is 0.258. The van der Waals surface area contributed by atoms with Gasteiger partial charge in [0.15, 0.2) is 11.5 Å². The second-order valence-electron chi connectivity index (χ2n) is 9.09. The highest BCUT2D eigenvalue weighted by Crippen LogP contribution is 2.33. The largest absolute Gasteiger partial charge is 0.454 e. The number of hydrogen-bond acceptors (Lipinski definition) is 4. The molecule has 1 aliphatic rings. The van der Waals surface area contributed by atoms with Gasteiger partial charge >= 0.3 is 0 Å². The molecule has 0 spiro atoms. The first kappa shape index (κ1) is 23.1. The number of fused-ring (bicyclic) bond motifs is 1. The van der Waals surface area contributed by atoms with Crippen LogP contribution in [0.25, 0.3) is 11.3 Å². The predicted octanol–water partition coefficient (Wildman–Crippen LogP) is 7.02. The molecule has 4 heteroatoms. The first-order valence-electron chi connectivity index (χ1n) is 12.5. The molecule has 0 atom stereocenters. The van der Waals surface area contributed by atoms with Crippen LogP contribution in [0, 0.1) is 0 Å². The average molecular weight is 465 g/mol. The second kappa shape index (κ2) is 11.2. The minimum atomic E-state index is 0.298. The zero-order chi connectivity index (χ0) is 23.9. The lowest BCUT2D eigenvalue weighted by Gasteiger charge is -2.25. The van der Waals surface area contributed by atoms with Gasteiger partial charge in [-0.3, -0.25) is 9.88 Å². The molecular weight excluding hydrogens is 432 g/mol. The van der Waals surface area contributed by atoms with Crippen LogP contribution in [-0.4, -0.2) is 16.7 Å². The summed E-state index contributed by atoms with van der Waals surface area (Å²) >= 11 is 0. The molecule has 178 valence electrons. The highest BCUT2D eigenvalue weighted by molar-refractivity contribution is 5.64. The first-order valence-corrected chi connectivity index (χ1v) is 12.5. The summed E-state index contributed by atoms with van der Waals surface area (Å²) in [4.78, 5) is 7.33. The molecule has 0 saturated heterocycles. The zero-order valence-corrected chi connectivity index (χ0v) is 20.3. The van der Waals surface area contributed by atoms with E-state index in [1.54, 1.807) is 0 Å². The standard InChI is InChI=1S/C31H32N2O2/c1-2-3-14-28-27(17-18-32-31(28)26-12-8-5-9-13-26)22-33(20-24-10-6-4-7-11-24)21-25-15-16-29-30(19-25)35-23-34-29/h4-13,15-19H,2-3,14,20-23H2,1H3. The Bertz CT molecular complexity index is 1240. The highest BCUT2D eigenvalue weighted by Gasteiger charge is 2.18. The lowest BCUT2D eigenvalue weighted by molar-refractivity contribution is 0.174. The van der Waals surface area contributed by atoms with Gasteiger partial charge in [0.2, 0.25) is 6.79 Å². The van der Waals surface area contributed by atoms with Gasteiger partial charge in [-0.05, 0) is 53.3 Å². The third-order valence-corrected chi connectivity index (χ3v) is 6.47. The summed E-state index contributed by atoms with van der Waals surface area (Å²) in [5.41, 5.74) is 7.54. The van der Waals surface area contributed by atoms with Crippen LogP contribution in [0.4, 0.5) is 0 Å². The molecule has 0 fully saturated rings. The van der Waals surface area contributed by atoms with Gasteiger partial charge in [0.1, 0.15) is 0 Å². The van der Waals surface area contributed by atoms with E-state index < -0.39 is 0 Å². The molecule has 1 aliphatic heterocycles. The zero-order valence-electron chi connectivity index (χ0n) is 20.3. The van der Waals surface area contributed by atoms with Crippen LogP contribution < -0.4 is 9.47 Å². The molecule has 0 saturated carbocycles. The molecule has 0 amide bonds. The third-order valence-electron chi connectivity index (χ3n) is 6.47. The van der Waals surface area contributed by atoms with Crippen LogP contribution >= 0.6 is 0 Å². The summed E-state index contributed by atoms with van der Waals surface area (Å²) in [6, 6.07) is 29.7. The molecule has 4 aromatic rings. The summed E-state index contributed by atoms with van der Waals surface area (Å²) in [5, 5.41) is 0. The molecule has 0 N–H and O–H groups in total. The topological polar surface area (TPSA) is 34.6 Å². The smallest absolute Gasteiger partial charge is 0.231 e.